The van der Waals surface area contributed by atoms with Gasteiger partial charge in [0, 0.05) is 5.88 Å². The van der Waals surface area contributed by atoms with Crippen LogP contribution >= 0.6 is 23.2 Å². The zero-order valence-electron chi connectivity index (χ0n) is 6.16. The molecule has 1 amide bonds. The van der Waals surface area contributed by atoms with Crippen LogP contribution in [0.5, 0.6) is 0 Å². The Bertz CT molecular complexity index is 251. The van der Waals surface area contributed by atoms with E-state index in [0.29, 0.717) is 0 Å². The summed E-state index contributed by atoms with van der Waals surface area (Å²) in [6, 6.07) is 0. The molecule has 0 bridgehead atoms. The van der Waals surface area contributed by atoms with E-state index >= 15 is 0 Å². The molecule has 0 aliphatic rings. The van der Waals surface area contributed by atoms with Crippen molar-refractivity contribution >= 4 is 38.9 Å². The van der Waals surface area contributed by atoms with Crippen molar-refractivity contribution in [1.29, 1.82) is 0 Å². The molecule has 0 aliphatic heterocycles. The van der Waals surface area contributed by atoms with E-state index in [1.807, 2.05) is 0 Å². The number of hydrogen-bond donors (Lipinski definition) is 1. The van der Waals surface area contributed by atoms with E-state index < -0.39 is 26.9 Å². The second-order valence-corrected chi connectivity index (χ2v) is 5.31. The maximum Gasteiger partial charge on any atom is 0.236 e. The van der Waals surface area contributed by atoms with Gasteiger partial charge in [0.2, 0.25) is 5.91 Å². The summed E-state index contributed by atoms with van der Waals surface area (Å²) in [5.41, 5.74) is 4.77. The van der Waals surface area contributed by atoms with Crippen LogP contribution in [-0.4, -0.2) is 37.1 Å². The molecule has 0 saturated heterocycles. The standard InChI is InChI=1S/C5H9Cl2NO3S/c6-1-2-12(10,11)3-4(7)5(8)9/h4H,1-3H2,(H2,8,9)/t4-/m1/s1. The van der Waals surface area contributed by atoms with Crippen molar-refractivity contribution in [3.63, 3.8) is 0 Å². The van der Waals surface area contributed by atoms with Gasteiger partial charge in [-0.25, -0.2) is 8.42 Å². The zero-order valence-corrected chi connectivity index (χ0v) is 8.49. The molecule has 4 nitrogen and oxygen atoms in total. The topological polar surface area (TPSA) is 77.2 Å². The Morgan fingerprint density at radius 2 is 2.00 bits per heavy atom. The molecule has 0 radical (unpaired) electrons. The molecule has 1 atom stereocenters. The highest BCUT2D eigenvalue weighted by molar-refractivity contribution is 7.91. The Labute approximate surface area is 80.9 Å². The second-order valence-electron chi connectivity index (χ2n) is 2.17. The molecule has 0 rings (SSSR count). The van der Waals surface area contributed by atoms with E-state index in [-0.39, 0.29) is 11.6 Å². The van der Waals surface area contributed by atoms with E-state index in [0.717, 1.165) is 0 Å². The van der Waals surface area contributed by atoms with E-state index in [1.54, 1.807) is 0 Å². The number of alkyl halides is 2. The summed E-state index contributed by atoms with van der Waals surface area (Å²) < 4.78 is 21.9. The minimum atomic E-state index is -3.34. The number of carbonyl (C=O) groups excluding carboxylic acids is 1. The first kappa shape index (κ1) is 12.0. The van der Waals surface area contributed by atoms with E-state index in [1.165, 1.54) is 0 Å². The van der Waals surface area contributed by atoms with Crippen LogP contribution in [0.3, 0.4) is 0 Å². The Balaban J connectivity index is 4.16. The fourth-order valence-corrected chi connectivity index (χ4v) is 2.80. The number of primary amides is 1. The molecule has 0 unspecified atom stereocenters. The van der Waals surface area contributed by atoms with Crippen LogP contribution in [0.2, 0.25) is 0 Å². The van der Waals surface area contributed by atoms with Crippen molar-refractivity contribution in [2.75, 3.05) is 17.4 Å². The molecule has 2 N–H and O–H groups in total. The lowest BCUT2D eigenvalue weighted by molar-refractivity contribution is -0.117. The average molecular weight is 234 g/mol. The summed E-state index contributed by atoms with van der Waals surface area (Å²) in [4.78, 5) is 10.4. The fourth-order valence-electron chi connectivity index (χ4n) is 0.506. The summed E-state index contributed by atoms with van der Waals surface area (Å²) in [6.45, 7) is 0. The van der Waals surface area contributed by atoms with Crippen LogP contribution in [0.25, 0.3) is 0 Å². The number of halogens is 2. The van der Waals surface area contributed by atoms with E-state index in [9.17, 15) is 13.2 Å². The van der Waals surface area contributed by atoms with E-state index in [2.05, 4.69) is 0 Å². The first-order valence-corrected chi connectivity index (χ1v) is 5.88. The van der Waals surface area contributed by atoms with Crippen molar-refractivity contribution in [3.05, 3.63) is 0 Å². The average Bonchev–Trinajstić information content (AvgIpc) is 1.85. The minimum Gasteiger partial charge on any atom is -0.368 e. The van der Waals surface area contributed by atoms with Gasteiger partial charge >= 0.3 is 0 Å². The molecular formula is C5H9Cl2NO3S. The van der Waals surface area contributed by atoms with Crippen LogP contribution < -0.4 is 5.73 Å². The molecule has 0 fully saturated rings. The highest BCUT2D eigenvalue weighted by Gasteiger charge is 2.20. The second kappa shape index (κ2) is 4.89. The molecule has 0 saturated carbocycles. The number of hydrogen-bond acceptors (Lipinski definition) is 3. The Morgan fingerprint density at radius 1 is 1.50 bits per heavy atom. The molecule has 12 heavy (non-hydrogen) atoms. The van der Waals surface area contributed by atoms with Gasteiger partial charge in [0.1, 0.15) is 5.38 Å². The maximum absolute atomic E-state index is 11.0. The van der Waals surface area contributed by atoms with Gasteiger partial charge in [-0.3, -0.25) is 4.79 Å². The van der Waals surface area contributed by atoms with Gasteiger partial charge in [-0.2, -0.15) is 0 Å². The predicted octanol–water partition coefficient (Wildman–Crippen LogP) is -0.267. The zero-order chi connectivity index (χ0) is 9.78. The van der Waals surface area contributed by atoms with Gasteiger partial charge < -0.3 is 5.73 Å². The smallest absolute Gasteiger partial charge is 0.236 e. The number of carbonyl (C=O) groups is 1. The van der Waals surface area contributed by atoms with Gasteiger partial charge in [-0.15, -0.1) is 23.2 Å². The molecular weight excluding hydrogens is 225 g/mol. The van der Waals surface area contributed by atoms with Crippen LogP contribution in [0, 0.1) is 0 Å². The van der Waals surface area contributed by atoms with Gasteiger partial charge in [-0.05, 0) is 0 Å². The molecule has 72 valence electrons. The molecule has 0 aromatic carbocycles. The summed E-state index contributed by atoms with van der Waals surface area (Å²) in [6.07, 6.45) is 0. The number of amides is 1. The van der Waals surface area contributed by atoms with Crippen molar-refractivity contribution in [3.8, 4) is 0 Å². The third-order valence-electron chi connectivity index (χ3n) is 1.10. The first-order valence-electron chi connectivity index (χ1n) is 3.09. The van der Waals surface area contributed by atoms with Crippen LogP contribution in [0.15, 0.2) is 0 Å². The minimum absolute atomic E-state index is 0.00922. The van der Waals surface area contributed by atoms with E-state index in [4.69, 9.17) is 28.9 Å². The normalized spacial score (nSPS) is 14.2. The van der Waals surface area contributed by atoms with Crippen molar-refractivity contribution in [2.24, 2.45) is 5.73 Å². The van der Waals surface area contributed by atoms with Crippen molar-refractivity contribution < 1.29 is 13.2 Å². The Kier molecular flexibility index (Phi) is 4.89. The first-order chi connectivity index (χ1) is 5.39. The lowest BCUT2D eigenvalue weighted by Gasteiger charge is -2.04. The monoisotopic (exact) mass is 233 g/mol. The molecule has 0 aliphatic carbocycles. The molecule has 0 heterocycles. The fraction of sp³-hybridized carbons (Fsp3) is 0.800. The van der Waals surface area contributed by atoms with Crippen LogP contribution in [0.1, 0.15) is 0 Å². The van der Waals surface area contributed by atoms with Crippen LogP contribution in [-0.2, 0) is 14.6 Å². The van der Waals surface area contributed by atoms with Crippen molar-refractivity contribution in [1.82, 2.24) is 0 Å². The quantitative estimate of drug-likeness (QED) is 0.665. The largest absolute Gasteiger partial charge is 0.368 e. The SMILES string of the molecule is NC(=O)[C@H](Cl)CS(=O)(=O)CCCl. The molecule has 0 aromatic heterocycles. The predicted molar refractivity (Wildman–Crippen MR) is 48.2 cm³/mol. The number of nitrogens with two attached hydrogens (primary N) is 1. The highest BCUT2D eigenvalue weighted by Crippen LogP contribution is 2.02. The maximum atomic E-state index is 11.0. The summed E-state index contributed by atoms with van der Waals surface area (Å²) in [5.74, 6) is -1.48. The Hall–Kier alpha value is -0.000000000000000111. The van der Waals surface area contributed by atoms with Gasteiger partial charge in [-0.1, -0.05) is 0 Å². The molecule has 0 aromatic rings. The number of rotatable bonds is 5. The molecule has 0 spiro atoms. The van der Waals surface area contributed by atoms with Gasteiger partial charge in [0.15, 0.2) is 9.84 Å². The summed E-state index contributed by atoms with van der Waals surface area (Å²) in [7, 11) is -3.34. The number of sulfone groups is 1. The summed E-state index contributed by atoms with van der Waals surface area (Å²) >= 11 is 10.5. The lowest BCUT2D eigenvalue weighted by atomic mass is 10.5. The summed E-state index contributed by atoms with van der Waals surface area (Å²) in [5, 5.41) is -1.17. The third kappa shape index (κ3) is 4.79. The van der Waals surface area contributed by atoms with Gasteiger partial charge in [0.25, 0.3) is 0 Å². The van der Waals surface area contributed by atoms with Gasteiger partial charge in [0.05, 0.1) is 11.5 Å². The Morgan fingerprint density at radius 3 is 2.33 bits per heavy atom. The third-order valence-corrected chi connectivity index (χ3v) is 3.73. The molecule has 7 heteroatoms. The van der Waals surface area contributed by atoms with Crippen LogP contribution in [0.4, 0.5) is 0 Å². The lowest BCUT2D eigenvalue weighted by Crippen LogP contribution is -2.31. The highest BCUT2D eigenvalue weighted by atomic mass is 35.5. The van der Waals surface area contributed by atoms with Crippen molar-refractivity contribution in [2.45, 2.75) is 5.38 Å².